The molecule has 2 atom stereocenters. The standard InChI is InChI=1S/C21H26N2/c1-2-17(12-16-8-4-3-5-9-16)20-13-21(20)23-15-19-11-7-6-10-18(19)14-22/h3-12,20-21,23H,2,13-15,22H2,1H3/b17-12+/t20-,21+/m0/s1. The molecule has 3 rings (SSSR count). The monoisotopic (exact) mass is 306 g/mol. The predicted octanol–water partition coefficient (Wildman–Crippen LogP) is 4.12. The molecule has 1 aliphatic carbocycles. The largest absolute Gasteiger partial charge is 0.326 e. The van der Waals surface area contributed by atoms with E-state index < -0.39 is 0 Å². The Morgan fingerprint density at radius 3 is 2.48 bits per heavy atom. The highest BCUT2D eigenvalue weighted by molar-refractivity contribution is 5.54. The smallest absolute Gasteiger partial charge is 0.0211 e. The number of rotatable bonds is 7. The molecule has 0 unspecified atom stereocenters. The number of hydrogen-bond donors (Lipinski definition) is 2. The molecule has 0 aromatic heterocycles. The molecule has 3 N–H and O–H groups in total. The second-order valence-corrected chi connectivity index (χ2v) is 6.29. The van der Waals surface area contributed by atoms with Crippen molar-refractivity contribution >= 4 is 6.08 Å². The van der Waals surface area contributed by atoms with Crippen LogP contribution in [-0.2, 0) is 13.1 Å². The minimum absolute atomic E-state index is 0.607. The highest BCUT2D eigenvalue weighted by Crippen LogP contribution is 2.39. The zero-order chi connectivity index (χ0) is 16.1. The molecule has 2 aromatic carbocycles. The van der Waals surface area contributed by atoms with Crippen LogP contribution in [0.3, 0.4) is 0 Å². The molecule has 0 spiro atoms. The summed E-state index contributed by atoms with van der Waals surface area (Å²) in [5.74, 6) is 0.685. The molecule has 2 heteroatoms. The summed E-state index contributed by atoms with van der Waals surface area (Å²) in [7, 11) is 0. The van der Waals surface area contributed by atoms with Gasteiger partial charge in [-0.2, -0.15) is 0 Å². The quantitative estimate of drug-likeness (QED) is 0.807. The third kappa shape index (κ3) is 4.10. The lowest BCUT2D eigenvalue weighted by molar-refractivity contribution is 0.651. The maximum Gasteiger partial charge on any atom is 0.0211 e. The molecule has 0 amide bonds. The Kier molecular flexibility index (Phi) is 5.27. The van der Waals surface area contributed by atoms with Crippen LogP contribution in [0.15, 0.2) is 60.2 Å². The molecule has 2 aromatic rings. The molecular formula is C21H26N2. The number of benzene rings is 2. The lowest BCUT2D eigenvalue weighted by Gasteiger charge is -2.10. The molecule has 1 aliphatic rings. The van der Waals surface area contributed by atoms with Crippen LogP contribution in [0.5, 0.6) is 0 Å². The Labute approximate surface area is 139 Å². The number of nitrogens with one attached hydrogen (secondary N) is 1. The molecule has 0 bridgehead atoms. The van der Waals surface area contributed by atoms with Crippen LogP contribution in [0.2, 0.25) is 0 Å². The molecule has 0 heterocycles. The van der Waals surface area contributed by atoms with Crippen molar-refractivity contribution in [3.63, 3.8) is 0 Å². The summed E-state index contributed by atoms with van der Waals surface area (Å²) in [6.45, 7) is 3.78. The Hall–Kier alpha value is -1.90. The fraction of sp³-hybridized carbons (Fsp3) is 0.333. The van der Waals surface area contributed by atoms with Crippen LogP contribution in [0.25, 0.3) is 6.08 Å². The van der Waals surface area contributed by atoms with E-state index >= 15 is 0 Å². The van der Waals surface area contributed by atoms with Crippen LogP contribution in [-0.4, -0.2) is 6.04 Å². The van der Waals surface area contributed by atoms with Crippen LogP contribution in [0.1, 0.15) is 36.5 Å². The SMILES string of the molecule is CC/C(=C\c1ccccc1)[C@@H]1C[C@H]1NCc1ccccc1CN. The van der Waals surface area contributed by atoms with Gasteiger partial charge in [-0.3, -0.25) is 0 Å². The number of nitrogens with two attached hydrogens (primary N) is 1. The van der Waals surface area contributed by atoms with Gasteiger partial charge in [0.25, 0.3) is 0 Å². The van der Waals surface area contributed by atoms with Crippen molar-refractivity contribution in [2.24, 2.45) is 11.7 Å². The van der Waals surface area contributed by atoms with Gasteiger partial charge in [-0.05, 0) is 35.4 Å². The van der Waals surface area contributed by atoms with Gasteiger partial charge in [-0.15, -0.1) is 0 Å². The first-order valence-corrected chi connectivity index (χ1v) is 8.57. The van der Waals surface area contributed by atoms with Crippen molar-refractivity contribution in [3.05, 3.63) is 76.9 Å². The zero-order valence-corrected chi connectivity index (χ0v) is 13.8. The highest BCUT2D eigenvalue weighted by Gasteiger charge is 2.38. The average molecular weight is 306 g/mol. The van der Waals surface area contributed by atoms with E-state index in [9.17, 15) is 0 Å². The molecule has 0 saturated heterocycles. The van der Waals surface area contributed by atoms with Crippen LogP contribution in [0, 0.1) is 5.92 Å². The van der Waals surface area contributed by atoms with Crippen molar-refractivity contribution in [2.45, 2.75) is 38.9 Å². The molecule has 1 saturated carbocycles. The summed E-state index contributed by atoms with van der Waals surface area (Å²) in [6, 6.07) is 19.7. The van der Waals surface area contributed by atoms with E-state index in [4.69, 9.17) is 5.73 Å². The van der Waals surface area contributed by atoms with Crippen molar-refractivity contribution in [3.8, 4) is 0 Å². The zero-order valence-electron chi connectivity index (χ0n) is 13.8. The van der Waals surface area contributed by atoms with E-state index in [1.165, 1.54) is 23.1 Å². The highest BCUT2D eigenvalue weighted by atomic mass is 15.0. The Morgan fingerprint density at radius 2 is 1.78 bits per heavy atom. The maximum absolute atomic E-state index is 5.82. The lowest BCUT2D eigenvalue weighted by Crippen LogP contribution is -2.19. The minimum Gasteiger partial charge on any atom is -0.326 e. The lowest BCUT2D eigenvalue weighted by atomic mass is 10.0. The number of hydrogen-bond acceptors (Lipinski definition) is 2. The van der Waals surface area contributed by atoms with Gasteiger partial charge in [-0.1, -0.05) is 73.2 Å². The minimum atomic E-state index is 0.607. The third-order valence-electron chi connectivity index (χ3n) is 4.72. The Bertz CT molecular complexity index is 661. The van der Waals surface area contributed by atoms with E-state index in [1.54, 1.807) is 5.57 Å². The Morgan fingerprint density at radius 1 is 1.09 bits per heavy atom. The van der Waals surface area contributed by atoms with E-state index in [0.29, 0.717) is 18.5 Å². The van der Waals surface area contributed by atoms with Gasteiger partial charge in [0, 0.05) is 19.1 Å². The van der Waals surface area contributed by atoms with Gasteiger partial charge in [0.05, 0.1) is 0 Å². The van der Waals surface area contributed by atoms with Crippen molar-refractivity contribution < 1.29 is 0 Å². The van der Waals surface area contributed by atoms with Crippen LogP contribution in [0.4, 0.5) is 0 Å². The third-order valence-corrected chi connectivity index (χ3v) is 4.72. The summed E-state index contributed by atoms with van der Waals surface area (Å²) in [5.41, 5.74) is 11.3. The van der Waals surface area contributed by atoms with Crippen molar-refractivity contribution in [1.29, 1.82) is 0 Å². The first-order valence-electron chi connectivity index (χ1n) is 8.57. The second kappa shape index (κ2) is 7.58. The fourth-order valence-corrected chi connectivity index (χ4v) is 3.24. The predicted molar refractivity (Wildman–Crippen MR) is 97.8 cm³/mol. The van der Waals surface area contributed by atoms with Gasteiger partial charge in [0.1, 0.15) is 0 Å². The first-order chi connectivity index (χ1) is 11.3. The molecular weight excluding hydrogens is 280 g/mol. The topological polar surface area (TPSA) is 38.0 Å². The van der Waals surface area contributed by atoms with Gasteiger partial charge < -0.3 is 11.1 Å². The van der Waals surface area contributed by atoms with Gasteiger partial charge in [0.15, 0.2) is 0 Å². The normalized spacial score (nSPS) is 20.5. The van der Waals surface area contributed by atoms with Gasteiger partial charge in [-0.25, -0.2) is 0 Å². The van der Waals surface area contributed by atoms with Gasteiger partial charge in [0.2, 0.25) is 0 Å². The summed E-state index contributed by atoms with van der Waals surface area (Å²) >= 11 is 0. The molecule has 23 heavy (non-hydrogen) atoms. The average Bonchev–Trinajstić information content (AvgIpc) is 3.38. The second-order valence-electron chi connectivity index (χ2n) is 6.29. The maximum atomic E-state index is 5.82. The summed E-state index contributed by atoms with van der Waals surface area (Å²) in [6.07, 6.45) is 4.73. The van der Waals surface area contributed by atoms with E-state index in [-0.39, 0.29) is 0 Å². The van der Waals surface area contributed by atoms with E-state index in [0.717, 1.165) is 13.0 Å². The molecule has 0 radical (unpaired) electrons. The Balaban J connectivity index is 1.59. The summed E-state index contributed by atoms with van der Waals surface area (Å²) < 4.78 is 0. The molecule has 120 valence electrons. The van der Waals surface area contributed by atoms with Crippen LogP contribution < -0.4 is 11.1 Å². The van der Waals surface area contributed by atoms with Crippen molar-refractivity contribution in [2.75, 3.05) is 0 Å². The van der Waals surface area contributed by atoms with Gasteiger partial charge >= 0.3 is 0 Å². The van der Waals surface area contributed by atoms with E-state index in [2.05, 4.69) is 72.9 Å². The van der Waals surface area contributed by atoms with E-state index in [1.807, 2.05) is 0 Å². The van der Waals surface area contributed by atoms with Crippen molar-refractivity contribution in [1.82, 2.24) is 5.32 Å². The molecule has 0 aliphatic heterocycles. The van der Waals surface area contributed by atoms with Crippen LogP contribution >= 0.6 is 0 Å². The molecule has 1 fully saturated rings. The summed E-state index contributed by atoms with van der Waals surface area (Å²) in [4.78, 5) is 0. The molecule has 2 nitrogen and oxygen atoms in total. The summed E-state index contributed by atoms with van der Waals surface area (Å²) in [5, 5.41) is 3.70. The first kappa shape index (κ1) is 16.0. The fourth-order valence-electron chi connectivity index (χ4n) is 3.24.